The van der Waals surface area contributed by atoms with Crippen LogP contribution in [0.4, 0.5) is 11.4 Å². The molecule has 2 aromatic rings. The highest BCUT2D eigenvalue weighted by Gasteiger charge is 2.17. The minimum atomic E-state index is -3.45. The Balaban J connectivity index is 1.97. The molecular formula is C21H26N2O4S. The molecule has 0 aliphatic rings. The van der Waals surface area contributed by atoms with Gasteiger partial charge in [-0.3, -0.25) is 13.9 Å². The Morgan fingerprint density at radius 2 is 1.75 bits per heavy atom. The van der Waals surface area contributed by atoms with E-state index >= 15 is 0 Å². The van der Waals surface area contributed by atoms with Crippen molar-refractivity contribution < 1.29 is 18.0 Å². The van der Waals surface area contributed by atoms with E-state index in [1.54, 1.807) is 36.4 Å². The molecule has 2 rings (SSSR count). The first-order chi connectivity index (χ1) is 13.2. The van der Waals surface area contributed by atoms with Crippen LogP contribution in [0.25, 0.3) is 0 Å². The number of hydrogen-bond acceptors (Lipinski definition) is 4. The van der Waals surface area contributed by atoms with Gasteiger partial charge >= 0.3 is 0 Å². The van der Waals surface area contributed by atoms with Gasteiger partial charge in [-0.25, -0.2) is 8.42 Å². The molecule has 1 N–H and O–H groups in total. The van der Waals surface area contributed by atoms with Gasteiger partial charge in [0.25, 0.3) is 0 Å². The molecule has 0 saturated heterocycles. The molecule has 0 unspecified atom stereocenters. The minimum absolute atomic E-state index is 0.0750. The highest BCUT2D eigenvalue weighted by atomic mass is 32.2. The number of amides is 1. The molecule has 0 aliphatic heterocycles. The quantitative estimate of drug-likeness (QED) is 0.649. The number of ketones is 1. The van der Waals surface area contributed by atoms with E-state index in [0.717, 1.165) is 18.2 Å². The number of nitrogens with one attached hydrogen (secondary N) is 1. The summed E-state index contributed by atoms with van der Waals surface area (Å²) in [7, 11) is -3.45. The number of aryl methyl sites for hydroxylation is 1. The van der Waals surface area contributed by atoms with Gasteiger partial charge in [0.1, 0.15) is 0 Å². The number of hydrogen-bond donors (Lipinski definition) is 1. The fourth-order valence-electron chi connectivity index (χ4n) is 2.81. The number of rotatable bonds is 9. The highest BCUT2D eigenvalue weighted by Crippen LogP contribution is 2.19. The maximum Gasteiger partial charge on any atom is 0.232 e. The van der Waals surface area contributed by atoms with Gasteiger partial charge in [-0.05, 0) is 49.6 Å². The predicted octanol–water partition coefficient (Wildman–Crippen LogP) is 3.64. The Morgan fingerprint density at radius 1 is 1.07 bits per heavy atom. The standard InChI is InChI=1S/C21H26N2O4S/c1-4-17-10-12-20(13-11-17)23(28(3,26)27)14-6-9-21(25)22-19-8-5-7-18(15-19)16(2)24/h5,7-8,10-13,15H,4,6,9,14H2,1-3H3,(H,22,25). The fraction of sp³-hybridized carbons (Fsp3) is 0.333. The maximum absolute atomic E-state index is 12.2. The Bertz CT molecular complexity index is 937. The van der Waals surface area contributed by atoms with E-state index in [1.165, 1.54) is 11.2 Å². The zero-order valence-corrected chi connectivity index (χ0v) is 17.3. The van der Waals surface area contributed by atoms with Crippen molar-refractivity contribution in [3.05, 3.63) is 59.7 Å². The van der Waals surface area contributed by atoms with Crippen LogP contribution in [-0.2, 0) is 21.2 Å². The first-order valence-corrected chi connectivity index (χ1v) is 11.0. The third kappa shape index (κ3) is 6.20. The van der Waals surface area contributed by atoms with Crippen LogP contribution in [0, 0.1) is 0 Å². The molecule has 0 bridgehead atoms. The summed E-state index contributed by atoms with van der Waals surface area (Å²) in [6, 6.07) is 14.1. The van der Waals surface area contributed by atoms with Crippen LogP contribution in [0.3, 0.4) is 0 Å². The van der Waals surface area contributed by atoms with E-state index in [2.05, 4.69) is 5.32 Å². The fourth-order valence-corrected chi connectivity index (χ4v) is 3.77. The number of benzene rings is 2. The lowest BCUT2D eigenvalue weighted by atomic mass is 10.1. The molecule has 6 nitrogen and oxygen atoms in total. The summed E-state index contributed by atoms with van der Waals surface area (Å²) in [4.78, 5) is 23.6. The van der Waals surface area contributed by atoms with Gasteiger partial charge in [0.2, 0.25) is 15.9 Å². The number of Topliss-reactive ketones (excluding diaryl/α,β-unsaturated/α-hetero) is 1. The van der Waals surface area contributed by atoms with Crippen LogP contribution in [0.15, 0.2) is 48.5 Å². The average molecular weight is 403 g/mol. The van der Waals surface area contributed by atoms with E-state index in [1.807, 2.05) is 19.1 Å². The summed E-state index contributed by atoms with van der Waals surface area (Å²) < 4.78 is 25.6. The van der Waals surface area contributed by atoms with Crippen molar-refractivity contribution in [1.29, 1.82) is 0 Å². The van der Waals surface area contributed by atoms with Crippen LogP contribution in [0.2, 0.25) is 0 Å². The first-order valence-electron chi connectivity index (χ1n) is 9.18. The zero-order chi connectivity index (χ0) is 20.7. The Morgan fingerprint density at radius 3 is 2.32 bits per heavy atom. The lowest BCUT2D eigenvalue weighted by Crippen LogP contribution is -2.31. The van der Waals surface area contributed by atoms with Crippen molar-refractivity contribution >= 4 is 33.1 Å². The molecule has 0 saturated carbocycles. The molecule has 1 amide bonds. The van der Waals surface area contributed by atoms with Gasteiger partial charge in [0.15, 0.2) is 5.78 Å². The predicted molar refractivity (Wildman–Crippen MR) is 112 cm³/mol. The second-order valence-electron chi connectivity index (χ2n) is 6.64. The van der Waals surface area contributed by atoms with Crippen LogP contribution < -0.4 is 9.62 Å². The summed E-state index contributed by atoms with van der Waals surface area (Å²) in [5, 5.41) is 2.75. The molecule has 0 aromatic heterocycles. The highest BCUT2D eigenvalue weighted by molar-refractivity contribution is 7.92. The Kier molecular flexibility index (Phi) is 7.34. The topological polar surface area (TPSA) is 83.6 Å². The van der Waals surface area contributed by atoms with Crippen LogP contribution in [0.5, 0.6) is 0 Å². The van der Waals surface area contributed by atoms with Gasteiger partial charge in [-0.15, -0.1) is 0 Å². The van der Waals surface area contributed by atoms with E-state index in [0.29, 0.717) is 23.4 Å². The molecule has 150 valence electrons. The SMILES string of the molecule is CCc1ccc(N(CCCC(=O)Nc2cccc(C(C)=O)c2)S(C)(=O)=O)cc1. The maximum atomic E-state index is 12.2. The summed E-state index contributed by atoms with van der Waals surface area (Å²) in [6.45, 7) is 3.72. The summed E-state index contributed by atoms with van der Waals surface area (Å²) in [5.41, 5.74) is 2.79. The molecule has 0 radical (unpaired) electrons. The Hall–Kier alpha value is -2.67. The lowest BCUT2D eigenvalue weighted by Gasteiger charge is -2.22. The summed E-state index contributed by atoms with van der Waals surface area (Å²) >= 11 is 0. The zero-order valence-electron chi connectivity index (χ0n) is 16.4. The number of carbonyl (C=O) groups is 2. The molecule has 0 atom stereocenters. The second kappa shape index (κ2) is 9.50. The van der Waals surface area contributed by atoms with Crippen LogP contribution in [-0.4, -0.2) is 32.9 Å². The van der Waals surface area contributed by atoms with Gasteiger partial charge in [0, 0.05) is 24.2 Å². The molecule has 0 heterocycles. The minimum Gasteiger partial charge on any atom is -0.326 e. The number of anilines is 2. The molecule has 0 fully saturated rings. The monoisotopic (exact) mass is 402 g/mol. The third-order valence-electron chi connectivity index (χ3n) is 4.35. The second-order valence-corrected chi connectivity index (χ2v) is 8.55. The van der Waals surface area contributed by atoms with E-state index < -0.39 is 10.0 Å². The van der Waals surface area contributed by atoms with Crippen LogP contribution >= 0.6 is 0 Å². The lowest BCUT2D eigenvalue weighted by molar-refractivity contribution is -0.116. The van der Waals surface area contributed by atoms with Crippen molar-refractivity contribution in [3.8, 4) is 0 Å². The molecular weight excluding hydrogens is 376 g/mol. The van der Waals surface area contributed by atoms with Gasteiger partial charge in [-0.2, -0.15) is 0 Å². The third-order valence-corrected chi connectivity index (χ3v) is 5.54. The van der Waals surface area contributed by atoms with Crippen LogP contribution in [0.1, 0.15) is 42.6 Å². The molecule has 0 spiro atoms. The van der Waals surface area contributed by atoms with E-state index in [-0.39, 0.29) is 24.7 Å². The summed E-state index contributed by atoms with van der Waals surface area (Å²) in [6.07, 6.45) is 2.59. The van der Waals surface area contributed by atoms with Crippen molar-refractivity contribution in [2.75, 3.05) is 22.4 Å². The molecule has 0 aliphatic carbocycles. The Labute approximate surface area is 166 Å². The smallest absolute Gasteiger partial charge is 0.232 e. The molecule has 28 heavy (non-hydrogen) atoms. The van der Waals surface area contributed by atoms with Gasteiger partial charge < -0.3 is 5.32 Å². The first kappa shape index (κ1) is 21.6. The largest absolute Gasteiger partial charge is 0.326 e. The van der Waals surface area contributed by atoms with E-state index in [9.17, 15) is 18.0 Å². The van der Waals surface area contributed by atoms with Crippen molar-refractivity contribution in [2.24, 2.45) is 0 Å². The number of nitrogens with zero attached hydrogens (tertiary/aromatic N) is 1. The molecule has 2 aromatic carbocycles. The summed E-state index contributed by atoms with van der Waals surface area (Å²) in [5.74, 6) is -0.301. The van der Waals surface area contributed by atoms with Crippen molar-refractivity contribution in [1.82, 2.24) is 0 Å². The number of sulfonamides is 1. The van der Waals surface area contributed by atoms with Crippen molar-refractivity contribution in [2.45, 2.75) is 33.1 Å². The normalized spacial score (nSPS) is 11.1. The average Bonchev–Trinajstić information content (AvgIpc) is 2.64. The molecule has 7 heteroatoms. The number of carbonyl (C=O) groups excluding carboxylic acids is 2. The van der Waals surface area contributed by atoms with Gasteiger partial charge in [-0.1, -0.05) is 31.2 Å². The van der Waals surface area contributed by atoms with E-state index in [4.69, 9.17) is 0 Å². The van der Waals surface area contributed by atoms with Crippen molar-refractivity contribution in [3.63, 3.8) is 0 Å². The van der Waals surface area contributed by atoms with Gasteiger partial charge in [0.05, 0.1) is 11.9 Å².